The van der Waals surface area contributed by atoms with E-state index in [9.17, 15) is 4.79 Å². The van der Waals surface area contributed by atoms with Gasteiger partial charge in [0.25, 0.3) is 5.56 Å². The second-order valence-corrected chi connectivity index (χ2v) is 7.31. The summed E-state index contributed by atoms with van der Waals surface area (Å²) in [4.78, 5) is 26.5. The van der Waals surface area contributed by atoms with Crippen molar-refractivity contribution in [2.24, 2.45) is 5.73 Å². The number of H-pyrrole nitrogens is 1. The first-order valence-corrected chi connectivity index (χ1v) is 9.32. The molecule has 0 spiro atoms. The van der Waals surface area contributed by atoms with E-state index >= 15 is 0 Å². The van der Waals surface area contributed by atoms with Gasteiger partial charge in [-0.3, -0.25) is 4.79 Å². The minimum Gasteiger partial charge on any atom is -0.341 e. The second-order valence-electron chi connectivity index (χ2n) is 6.40. The predicted octanol–water partition coefficient (Wildman–Crippen LogP) is 2.75. The van der Waals surface area contributed by atoms with E-state index in [0.29, 0.717) is 22.7 Å². The molecular weight excluding hydrogens is 396 g/mol. The third kappa shape index (κ3) is 3.42. The van der Waals surface area contributed by atoms with Crippen LogP contribution < -0.4 is 21.5 Å². The molecule has 3 aromatic rings. The van der Waals surface area contributed by atoms with Crippen LogP contribution >= 0.6 is 15.9 Å². The van der Waals surface area contributed by atoms with Gasteiger partial charge in [-0.25, -0.2) is 4.98 Å². The van der Waals surface area contributed by atoms with E-state index in [0.717, 1.165) is 36.1 Å². The number of pyridine rings is 1. The number of fused-ring (bicyclic) bond motifs is 1. The Bertz CT molecular complexity index is 979. The molecule has 4 N–H and O–H groups in total. The SMILES string of the molecule is NC1CCN(c2nc(Nc3ccc(Br)cc3)c3c(=O)[nH]ccc3n2)CC1. The van der Waals surface area contributed by atoms with Crippen LogP contribution in [0.25, 0.3) is 10.9 Å². The van der Waals surface area contributed by atoms with E-state index in [2.05, 4.69) is 41.1 Å². The van der Waals surface area contributed by atoms with Gasteiger partial charge in [0.05, 0.1) is 5.52 Å². The van der Waals surface area contributed by atoms with Crippen LogP contribution in [0.3, 0.4) is 0 Å². The van der Waals surface area contributed by atoms with E-state index in [1.807, 2.05) is 24.3 Å². The van der Waals surface area contributed by atoms with Crippen LogP contribution in [0, 0.1) is 0 Å². The van der Waals surface area contributed by atoms with Gasteiger partial charge in [-0.1, -0.05) is 15.9 Å². The van der Waals surface area contributed by atoms with E-state index in [4.69, 9.17) is 5.73 Å². The maximum Gasteiger partial charge on any atom is 0.261 e. The minimum atomic E-state index is -0.214. The Kier molecular flexibility index (Phi) is 4.60. The fourth-order valence-electron chi connectivity index (χ4n) is 3.08. The van der Waals surface area contributed by atoms with Crippen molar-refractivity contribution in [2.45, 2.75) is 18.9 Å². The zero-order chi connectivity index (χ0) is 18.1. The van der Waals surface area contributed by atoms with Gasteiger partial charge >= 0.3 is 0 Å². The number of hydrogen-bond acceptors (Lipinski definition) is 6. The molecule has 3 heterocycles. The zero-order valence-electron chi connectivity index (χ0n) is 14.1. The number of aromatic amines is 1. The first kappa shape index (κ1) is 17.0. The average molecular weight is 415 g/mol. The van der Waals surface area contributed by atoms with Gasteiger partial charge in [0.15, 0.2) is 0 Å². The molecule has 0 radical (unpaired) electrons. The lowest BCUT2D eigenvalue weighted by molar-refractivity contribution is 0.496. The smallest absolute Gasteiger partial charge is 0.261 e. The van der Waals surface area contributed by atoms with Crippen molar-refractivity contribution < 1.29 is 0 Å². The highest BCUT2D eigenvalue weighted by Crippen LogP contribution is 2.26. The monoisotopic (exact) mass is 414 g/mol. The summed E-state index contributed by atoms with van der Waals surface area (Å²) in [6.45, 7) is 1.63. The normalized spacial score (nSPS) is 15.4. The quantitative estimate of drug-likeness (QED) is 0.609. The Morgan fingerprint density at radius 3 is 2.62 bits per heavy atom. The van der Waals surface area contributed by atoms with Crippen molar-refractivity contribution >= 4 is 44.3 Å². The lowest BCUT2D eigenvalue weighted by Gasteiger charge is -2.30. The summed E-state index contributed by atoms with van der Waals surface area (Å²) >= 11 is 3.43. The van der Waals surface area contributed by atoms with Crippen LogP contribution in [0.1, 0.15) is 12.8 Å². The standard InChI is InChI=1S/C18H19BrN6O/c19-11-1-3-13(4-2-11)22-16-15-14(5-8-21-17(15)26)23-18(24-16)25-9-6-12(20)7-10-25/h1-5,8,12H,6-7,9-10,20H2,(H,21,26)(H,22,23,24). The van der Waals surface area contributed by atoms with Crippen LogP contribution in [0.2, 0.25) is 0 Å². The van der Waals surface area contributed by atoms with Gasteiger partial charge in [0.2, 0.25) is 5.95 Å². The number of benzene rings is 1. The topological polar surface area (TPSA) is 99.9 Å². The van der Waals surface area contributed by atoms with E-state index < -0.39 is 0 Å². The van der Waals surface area contributed by atoms with Crippen molar-refractivity contribution in [3.8, 4) is 0 Å². The largest absolute Gasteiger partial charge is 0.341 e. The summed E-state index contributed by atoms with van der Waals surface area (Å²) in [7, 11) is 0. The number of piperidine rings is 1. The Balaban J connectivity index is 1.78. The third-order valence-corrected chi connectivity index (χ3v) is 5.07. The molecule has 0 aliphatic carbocycles. The van der Waals surface area contributed by atoms with Crippen LogP contribution in [0.4, 0.5) is 17.5 Å². The van der Waals surface area contributed by atoms with Gasteiger partial charge in [0, 0.05) is 35.5 Å². The molecule has 26 heavy (non-hydrogen) atoms. The van der Waals surface area contributed by atoms with Crippen molar-refractivity contribution in [3.63, 3.8) is 0 Å². The highest BCUT2D eigenvalue weighted by Gasteiger charge is 2.20. The summed E-state index contributed by atoms with van der Waals surface area (Å²) in [6, 6.07) is 9.74. The van der Waals surface area contributed by atoms with E-state index in [1.165, 1.54) is 0 Å². The predicted molar refractivity (Wildman–Crippen MR) is 107 cm³/mol. The molecule has 0 unspecified atom stereocenters. The van der Waals surface area contributed by atoms with Gasteiger partial charge in [0.1, 0.15) is 11.2 Å². The number of halogens is 1. The highest BCUT2D eigenvalue weighted by molar-refractivity contribution is 9.10. The first-order valence-electron chi connectivity index (χ1n) is 8.53. The Morgan fingerprint density at radius 1 is 1.15 bits per heavy atom. The zero-order valence-corrected chi connectivity index (χ0v) is 15.7. The molecule has 2 aromatic heterocycles. The molecule has 1 aliphatic heterocycles. The lowest BCUT2D eigenvalue weighted by atomic mass is 10.1. The molecule has 1 saturated heterocycles. The molecule has 1 aromatic carbocycles. The second kappa shape index (κ2) is 7.05. The van der Waals surface area contributed by atoms with Gasteiger partial charge in [-0.15, -0.1) is 0 Å². The molecule has 8 heteroatoms. The van der Waals surface area contributed by atoms with Crippen LogP contribution in [0.15, 0.2) is 45.8 Å². The Morgan fingerprint density at radius 2 is 1.88 bits per heavy atom. The molecule has 0 amide bonds. The molecule has 134 valence electrons. The number of anilines is 3. The molecule has 7 nitrogen and oxygen atoms in total. The number of rotatable bonds is 3. The molecule has 0 saturated carbocycles. The summed E-state index contributed by atoms with van der Waals surface area (Å²) in [5.74, 6) is 1.12. The van der Waals surface area contributed by atoms with Crippen LogP contribution in [-0.4, -0.2) is 34.1 Å². The summed E-state index contributed by atoms with van der Waals surface area (Å²) in [5, 5.41) is 3.71. The Labute approximate surface area is 158 Å². The lowest BCUT2D eigenvalue weighted by Crippen LogP contribution is -2.40. The number of nitrogens with zero attached hydrogens (tertiary/aromatic N) is 3. The fourth-order valence-corrected chi connectivity index (χ4v) is 3.34. The van der Waals surface area contributed by atoms with Gasteiger partial charge in [-0.05, 0) is 43.2 Å². The molecule has 4 rings (SSSR count). The molecular formula is C18H19BrN6O. The van der Waals surface area contributed by atoms with Crippen molar-refractivity contribution in [1.82, 2.24) is 15.0 Å². The molecule has 0 bridgehead atoms. The Hall–Kier alpha value is -2.45. The first-order chi connectivity index (χ1) is 12.6. The van der Waals surface area contributed by atoms with Crippen molar-refractivity contribution in [2.75, 3.05) is 23.3 Å². The number of hydrogen-bond donors (Lipinski definition) is 3. The molecule has 1 aliphatic rings. The minimum absolute atomic E-state index is 0.214. The average Bonchev–Trinajstić information content (AvgIpc) is 2.64. The summed E-state index contributed by atoms with van der Waals surface area (Å²) < 4.78 is 0.985. The van der Waals surface area contributed by atoms with E-state index in [-0.39, 0.29) is 11.6 Å². The highest BCUT2D eigenvalue weighted by atomic mass is 79.9. The van der Waals surface area contributed by atoms with Crippen LogP contribution in [-0.2, 0) is 0 Å². The number of aromatic nitrogens is 3. The maximum atomic E-state index is 12.4. The van der Waals surface area contributed by atoms with Gasteiger partial charge < -0.3 is 20.9 Å². The van der Waals surface area contributed by atoms with E-state index in [1.54, 1.807) is 12.3 Å². The van der Waals surface area contributed by atoms with Crippen LogP contribution in [0.5, 0.6) is 0 Å². The summed E-state index contributed by atoms with van der Waals surface area (Å²) in [6.07, 6.45) is 3.43. The molecule has 1 fully saturated rings. The third-order valence-electron chi connectivity index (χ3n) is 4.54. The maximum absolute atomic E-state index is 12.4. The number of nitrogens with two attached hydrogens (primary N) is 1. The van der Waals surface area contributed by atoms with Crippen molar-refractivity contribution in [1.29, 1.82) is 0 Å². The van der Waals surface area contributed by atoms with Crippen molar-refractivity contribution in [3.05, 3.63) is 51.4 Å². The molecule has 0 atom stereocenters. The number of nitrogens with one attached hydrogen (secondary N) is 2. The fraction of sp³-hybridized carbons (Fsp3) is 0.278. The van der Waals surface area contributed by atoms with Gasteiger partial charge in [-0.2, -0.15) is 4.98 Å². The summed E-state index contributed by atoms with van der Waals surface area (Å²) in [5.41, 5.74) is 7.26.